The van der Waals surface area contributed by atoms with Crippen molar-refractivity contribution in [1.82, 2.24) is 14.8 Å². The molecular weight excluding hydrogens is 581 g/mol. The minimum Gasteiger partial charge on any atom is -0.443 e. The number of nitrogens with zero attached hydrogens (tertiary/aromatic N) is 3. The molecule has 0 unspecified atom stereocenters. The second-order valence-corrected chi connectivity index (χ2v) is 11.5. The number of halogens is 5. The summed E-state index contributed by atoms with van der Waals surface area (Å²) in [6.45, 7) is 0.135. The zero-order chi connectivity index (χ0) is 30.4. The lowest BCUT2D eigenvalue weighted by Gasteiger charge is -2.21. The molecule has 0 bridgehead atoms. The van der Waals surface area contributed by atoms with Crippen molar-refractivity contribution in [2.24, 2.45) is 0 Å². The second kappa shape index (κ2) is 10.7. The maximum atomic E-state index is 13.7. The number of sulfone groups is 1. The highest BCUT2D eigenvalue weighted by atomic mass is 32.2. The third-order valence-electron chi connectivity index (χ3n) is 6.59. The molecule has 7 nitrogen and oxygen atoms in total. The van der Waals surface area contributed by atoms with Gasteiger partial charge in [0.05, 0.1) is 16.8 Å². The summed E-state index contributed by atoms with van der Waals surface area (Å²) in [7, 11) is -3.57. The van der Waals surface area contributed by atoms with E-state index in [4.69, 9.17) is 4.42 Å². The van der Waals surface area contributed by atoms with Gasteiger partial charge < -0.3 is 9.15 Å². The third kappa shape index (κ3) is 5.64. The Kier molecular flexibility index (Phi) is 7.39. The topological polar surface area (TPSA) is 87.2 Å². The molecule has 13 heteroatoms. The minimum absolute atomic E-state index is 0.0671. The fraction of sp³-hybridized carbons (Fsp3) is 0.172. The molecule has 0 fully saturated rings. The van der Waals surface area contributed by atoms with Crippen LogP contribution >= 0.6 is 0 Å². The van der Waals surface area contributed by atoms with Crippen molar-refractivity contribution >= 4 is 9.84 Å². The summed E-state index contributed by atoms with van der Waals surface area (Å²) in [6, 6.07) is 14.4. The van der Waals surface area contributed by atoms with Crippen LogP contribution in [0.25, 0.3) is 39.3 Å². The quantitative estimate of drug-likeness (QED) is 0.179. The Bertz CT molecular complexity index is 1860. The van der Waals surface area contributed by atoms with E-state index in [-0.39, 0.29) is 27.8 Å². The molecule has 0 aliphatic heterocycles. The maximum Gasteiger partial charge on any atom is 0.435 e. The number of hydrogen-bond donors (Lipinski definition) is 0. The highest BCUT2D eigenvalue weighted by Gasteiger charge is 2.35. The molecule has 0 atom stereocenters. The smallest absolute Gasteiger partial charge is 0.435 e. The molecule has 5 aromatic rings. The summed E-state index contributed by atoms with van der Waals surface area (Å²) in [5.41, 5.74) is 1.98. The van der Waals surface area contributed by atoms with Crippen molar-refractivity contribution in [3.05, 3.63) is 90.2 Å². The number of ether oxygens (including phenoxy) is 1. The van der Waals surface area contributed by atoms with E-state index < -0.39 is 28.3 Å². The fourth-order valence-corrected chi connectivity index (χ4v) is 5.36. The Morgan fingerprint density at radius 2 is 1.67 bits per heavy atom. The van der Waals surface area contributed by atoms with Crippen LogP contribution < -0.4 is 4.74 Å². The SMILES string of the molecule is Cc1c(-c2cccc(S(C)(=O)=O)c2)cc(-c2ccc(OC(F)F)cc2)c(-n2nc(C(F)(F)F)cc2C)c1-c1cnco1. The average Bonchev–Trinajstić information content (AvgIpc) is 3.58. The van der Waals surface area contributed by atoms with Crippen LogP contribution in [-0.2, 0) is 16.0 Å². The largest absolute Gasteiger partial charge is 0.443 e. The molecule has 0 amide bonds. The van der Waals surface area contributed by atoms with Gasteiger partial charge in [-0.3, -0.25) is 0 Å². The Morgan fingerprint density at radius 1 is 0.952 bits per heavy atom. The predicted molar refractivity (Wildman–Crippen MR) is 144 cm³/mol. The van der Waals surface area contributed by atoms with Crippen molar-refractivity contribution in [1.29, 1.82) is 0 Å². The number of aryl methyl sites for hydroxylation is 1. The van der Waals surface area contributed by atoms with Crippen LogP contribution in [0.1, 0.15) is 17.0 Å². The Balaban J connectivity index is 1.88. The summed E-state index contributed by atoms with van der Waals surface area (Å²) >= 11 is 0. The van der Waals surface area contributed by atoms with E-state index in [9.17, 15) is 30.4 Å². The Labute approximate surface area is 237 Å². The van der Waals surface area contributed by atoms with Gasteiger partial charge in [-0.05, 0) is 72.5 Å². The van der Waals surface area contributed by atoms with Gasteiger partial charge in [-0.1, -0.05) is 24.3 Å². The van der Waals surface area contributed by atoms with Gasteiger partial charge in [-0.2, -0.15) is 27.1 Å². The standard InChI is InChI=1S/C29H22F5N3O4S/c1-16-11-25(29(32,33)34)36-37(16)27-23(18-7-9-20(10-8-18)41-28(30)31)13-22(17(2)26(27)24-14-35-15-40-24)19-5-4-6-21(12-19)42(3,38)39/h4-15,28H,1-3H3. The molecule has 2 heterocycles. The lowest BCUT2D eigenvalue weighted by Crippen LogP contribution is -2.10. The van der Waals surface area contributed by atoms with Crippen molar-refractivity contribution in [3.63, 3.8) is 0 Å². The lowest BCUT2D eigenvalue weighted by molar-refractivity contribution is -0.141. The zero-order valence-corrected chi connectivity index (χ0v) is 23.1. The monoisotopic (exact) mass is 603 g/mol. The lowest BCUT2D eigenvalue weighted by atomic mass is 9.88. The number of aromatic nitrogens is 3. The Hall–Kier alpha value is -4.52. The molecule has 0 spiro atoms. The van der Waals surface area contributed by atoms with Crippen LogP contribution in [-0.4, -0.2) is 36.0 Å². The molecule has 3 aromatic carbocycles. The summed E-state index contributed by atoms with van der Waals surface area (Å²) in [6.07, 6.45) is -1.08. The number of oxazole rings is 1. The molecule has 5 rings (SSSR count). The van der Waals surface area contributed by atoms with Crippen LogP contribution in [0.2, 0.25) is 0 Å². The first-order valence-electron chi connectivity index (χ1n) is 12.3. The van der Waals surface area contributed by atoms with Crippen molar-refractivity contribution in [2.75, 3.05) is 6.26 Å². The second-order valence-electron chi connectivity index (χ2n) is 9.47. The molecule has 0 aliphatic carbocycles. The molecule has 0 N–H and O–H groups in total. The molecule has 0 saturated carbocycles. The number of benzene rings is 3. The van der Waals surface area contributed by atoms with Crippen LogP contribution in [0.4, 0.5) is 22.0 Å². The highest BCUT2D eigenvalue weighted by molar-refractivity contribution is 7.90. The minimum atomic E-state index is -4.72. The van der Waals surface area contributed by atoms with Gasteiger partial charge in [0.1, 0.15) is 5.75 Å². The number of rotatable bonds is 7. The van der Waals surface area contributed by atoms with Gasteiger partial charge >= 0.3 is 12.8 Å². The summed E-state index contributed by atoms with van der Waals surface area (Å²) in [5, 5.41) is 3.88. The van der Waals surface area contributed by atoms with Gasteiger partial charge in [-0.15, -0.1) is 0 Å². The van der Waals surface area contributed by atoms with E-state index in [0.717, 1.165) is 17.0 Å². The van der Waals surface area contributed by atoms with Gasteiger partial charge in [-0.25, -0.2) is 18.1 Å². The van der Waals surface area contributed by atoms with Crippen molar-refractivity contribution in [2.45, 2.75) is 31.5 Å². The molecular formula is C29H22F5N3O4S. The highest BCUT2D eigenvalue weighted by Crippen LogP contribution is 2.44. The first-order valence-corrected chi connectivity index (χ1v) is 14.2. The van der Waals surface area contributed by atoms with E-state index in [1.54, 1.807) is 25.1 Å². The van der Waals surface area contributed by atoms with E-state index in [1.807, 2.05) is 0 Å². The van der Waals surface area contributed by atoms with E-state index in [0.29, 0.717) is 33.4 Å². The van der Waals surface area contributed by atoms with Crippen LogP contribution in [0, 0.1) is 13.8 Å². The fourth-order valence-electron chi connectivity index (χ4n) is 4.70. The van der Waals surface area contributed by atoms with Gasteiger partial charge in [0.25, 0.3) is 0 Å². The molecule has 42 heavy (non-hydrogen) atoms. The van der Waals surface area contributed by atoms with Crippen LogP contribution in [0.3, 0.4) is 0 Å². The Morgan fingerprint density at radius 3 is 2.24 bits per heavy atom. The van der Waals surface area contributed by atoms with E-state index in [2.05, 4.69) is 14.8 Å². The maximum absolute atomic E-state index is 13.7. The van der Waals surface area contributed by atoms with Gasteiger partial charge in [0.15, 0.2) is 27.7 Å². The first kappa shape index (κ1) is 29.0. The summed E-state index contributed by atoms with van der Waals surface area (Å²) in [4.78, 5) is 4.06. The van der Waals surface area contributed by atoms with Crippen LogP contribution in [0.15, 0.2) is 82.6 Å². The van der Waals surface area contributed by atoms with Crippen molar-refractivity contribution < 1.29 is 39.5 Å². The number of alkyl halides is 5. The summed E-state index contributed by atoms with van der Waals surface area (Å²) in [5.74, 6) is 0.0968. The molecule has 0 aliphatic rings. The third-order valence-corrected chi connectivity index (χ3v) is 7.70. The van der Waals surface area contributed by atoms with Gasteiger partial charge in [0.2, 0.25) is 0 Å². The number of hydrogen-bond acceptors (Lipinski definition) is 6. The molecule has 2 aromatic heterocycles. The van der Waals surface area contributed by atoms with E-state index in [1.165, 1.54) is 55.9 Å². The van der Waals surface area contributed by atoms with E-state index >= 15 is 0 Å². The molecule has 218 valence electrons. The predicted octanol–water partition coefficient (Wildman–Crippen LogP) is 7.50. The normalized spacial score (nSPS) is 12.2. The summed E-state index contributed by atoms with van der Waals surface area (Å²) < 4.78 is 103. The zero-order valence-electron chi connectivity index (χ0n) is 22.3. The molecule has 0 saturated heterocycles. The van der Waals surface area contributed by atoms with Crippen LogP contribution in [0.5, 0.6) is 5.75 Å². The van der Waals surface area contributed by atoms with Crippen molar-refractivity contribution in [3.8, 4) is 45.0 Å². The first-order chi connectivity index (χ1) is 19.7. The van der Waals surface area contributed by atoms with Gasteiger partial charge in [0, 0.05) is 23.1 Å². The average molecular weight is 604 g/mol. The molecule has 0 radical (unpaired) electrons.